The Kier molecular flexibility index (Phi) is 16.3. The van der Waals surface area contributed by atoms with Crippen LogP contribution in [0.25, 0.3) is 0 Å². The van der Waals surface area contributed by atoms with Gasteiger partial charge in [0.25, 0.3) is 0 Å². The van der Waals surface area contributed by atoms with Crippen LogP contribution in [0.5, 0.6) is 0 Å². The molecule has 1 heteroatoms. The summed E-state index contributed by atoms with van der Waals surface area (Å²) in [6.07, 6.45) is 35.1. The second-order valence-corrected chi connectivity index (χ2v) is 13.6. The monoisotopic (exact) mass is 572 g/mol. The molecule has 0 bridgehead atoms. The zero-order valence-electron chi connectivity index (χ0n) is 28.3. The molecular formula is C41H65N. The molecule has 5 atom stereocenters. The first kappa shape index (κ1) is 35.9. The molecule has 0 radical (unpaired) electrons. The van der Waals surface area contributed by atoms with Gasteiger partial charge in [0.2, 0.25) is 0 Å². The highest BCUT2D eigenvalue weighted by atomic mass is 15.2. The van der Waals surface area contributed by atoms with Gasteiger partial charge in [-0.15, -0.1) is 6.58 Å². The SMILES string of the molecule is C=C[C@@H]1CCCCN1C(=C)C(=C)[C@@](C)(CC)[C@H](C)CCC[C@H](C)C[C@H](C)C(=C)/C=C/C/C=C/CCCC1=CCCC=C1. The van der Waals surface area contributed by atoms with Crippen LogP contribution in [0.3, 0.4) is 0 Å². The lowest BCUT2D eigenvalue weighted by Gasteiger charge is -2.44. The zero-order valence-corrected chi connectivity index (χ0v) is 28.3. The minimum absolute atomic E-state index is 0.0780. The van der Waals surface area contributed by atoms with Crippen LogP contribution in [0.2, 0.25) is 0 Å². The Morgan fingerprint density at radius 2 is 1.83 bits per heavy atom. The number of piperidine rings is 1. The van der Waals surface area contributed by atoms with Crippen LogP contribution in [-0.4, -0.2) is 17.5 Å². The van der Waals surface area contributed by atoms with E-state index < -0.39 is 0 Å². The summed E-state index contributed by atoms with van der Waals surface area (Å²) in [4.78, 5) is 2.47. The van der Waals surface area contributed by atoms with Gasteiger partial charge < -0.3 is 4.90 Å². The molecule has 0 aromatic heterocycles. The van der Waals surface area contributed by atoms with Gasteiger partial charge in [-0.25, -0.2) is 0 Å². The second kappa shape index (κ2) is 19.1. The smallest absolute Gasteiger partial charge is 0.0470 e. The summed E-state index contributed by atoms with van der Waals surface area (Å²) in [6.45, 7) is 30.7. The van der Waals surface area contributed by atoms with E-state index in [-0.39, 0.29) is 5.41 Å². The van der Waals surface area contributed by atoms with Crippen molar-refractivity contribution in [1.29, 1.82) is 0 Å². The number of allylic oxidation sites excluding steroid dienone is 10. The van der Waals surface area contributed by atoms with Gasteiger partial charge in [0, 0.05) is 18.3 Å². The van der Waals surface area contributed by atoms with Crippen LogP contribution in [0, 0.1) is 23.2 Å². The van der Waals surface area contributed by atoms with Gasteiger partial charge in [0.15, 0.2) is 0 Å². The third kappa shape index (κ3) is 11.4. The number of nitrogens with zero attached hydrogens (tertiary/aromatic N) is 1. The van der Waals surface area contributed by atoms with Crippen molar-refractivity contribution in [2.75, 3.05) is 6.54 Å². The largest absolute Gasteiger partial charge is 0.365 e. The Bertz CT molecular complexity index is 986. The minimum atomic E-state index is 0.0780. The second-order valence-electron chi connectivity index (χ2n) is 13.6. The van der Waals surface area contributed by atoms with Gasteiger partial charge in [-0.3, -0.25) is 0 Å². The maximum atomic E-state index is 4.63. The Balaban J connectivity index is 1.70. The van der Waals surface area contributed by atoms with Gasteiger partial charge >= 0.3 is 0 Å². The van der Waals surface area contributed by atoms with Crippen LogP contribution in [0.1, 0.15) is 125 Å². The van der Waals surface area contributed by atoms with Gasteiger partial charge in [0.1, 0.15) is 0 Å². The molecule has 0 spiro atoms. The van der Waals surface area contributed by atoms with Crippen molar-refractivity contribution in [1.82, 2.24) is 4.90 Å². The number of likely N-dealkylation sites (tertiary alicyclic amines) is 1. The van der Waals surface area contributed by atoms with E-state index in [1.165, 1.54) is 93.8 Å². The van der Waals surface area contributed by atoms with Crippen molar-refractivity contribution >= 4 is 0 Å². The Labute approximate surface area is 262 Å². The quantitative estimate of drug-likeness (QED) is 0.0798. The minimum Gasteiger partial charge on any atom is -0.365 e. The molecule has 2 aliphatic rings. The normalized spacial score (nSPS) is 21.1. The van der Waals surface area contributed by atoms with Crippen molar-refractivity contribution in [3.63, 3.8) is 0 Å². The van der Waals surface area contributed by atoms with Gasteiger partial charge in [-0.05, 0) is 106 Å². The molecular weight excluding hydrogens is 506 g/mol. The van der Waals surface area contributed by atoms with Crippen molar-refractivity contribution < 1.29 is 0 Å². The molecule has 1 aliphatic carbocycles. The summed E-state index contributed by atoms with van der Waals surface area (Å²) in [7, 11) is 0. The lowest BCUT2D eigenvalue weighted by molar-refractivity contribution is 0.192. The molecule has 2 rings (SSSR count). The first-order valence-corrected chi connectivity index (χ1v) is 17.3. The lowest BCUT2D eigenvalue weighted by atomic mass is 9.67. The van der Waals surface area contributed by atoms with Crippen LogP contribution in [0.4, 0.5) is 0 Å². The Morgan fingerprint density at radius 1 is 1.05 bits per heavy atom. The lowest BCUT2D eigenvalue weighted by Crippen LogP contribution is -2.40. The number of hydrogen-bond acceptors (Lipinski definition) is 1. The van der Waals surface area contributed by atoms with Crippen molar-refractivity contribution in [2.45, 2.75) is 131 Å². The highest BCUT2D eigenvalue weighted by Gasteiger charge is 2.35. The van der Waals surface area contributed by atoms with Gasteiger partial charge in [-0.1, -0.05) is 127 Å². The summed E-state index contributed by atoms with van der Waals surface area (Å²) in [5.41, 5.74) is 5.24. The molecule has 0 N–H and O–H groups in total. The number of unbranched alkanes of at least 4 members (excludes halogenated alkanes) is 1. The van der Waals surface area contributed by atoms with E-state index in [9.17, 15) is 0 Å². The molecule has 1 nitrogen and oxygen atoms in total. The molecule has 42 heavy (non-hydrogen) atoms. The van der Waals surface area contributed by atoms with E-state index in [2.05, 4.69) is 114 Å². The van der Waals surface area contributed by atoms with Crippen LogP contribution in [0.15, 0.2) is 97.3 Å². The summed E-state index contributed by atoms with van der Waals surface area (Å²) < 4.78 is 0. The molecule has 234 valence electrons. The highest BCUT2D eigenvalue weighted by molar-refractivity contribution is 5.32. The maximum Gasteiger partial charge on any atom is 0.0470 e. The molecule has 1 fully saturated rings. The molecule has 1 heterocycles. The van der Waals surface area contributed by atoms with Gasteiger partial charge in [-0.2, -0.15) is 0 Å². The summed E-state index contributed by atoms with van der Waals surface area (Å²) in [5, 5.41) is 0. The van der Waals surface area contributed by atoms with E-state index in [0.717, 1.165) is 25.1 Å². The van der Waals surface area contributed by atoms with Crippen LogP contribution in [-0.2, 0) is 0 Å². The molecule has 1 aliphatic heterocycles. The van der Waals surface area contributed by atoms with Crippen molar-refractivity contribution in [3.05, 3.63) is 97.3 Å². The first-order chi connectivity index (χ1) is 20.1. The predicted octanol–water partition coefficient (Wildman–Crippen LogP) is 12.5. The van der Waals surface area contributed by atoms with Gasteiger partial charge in [0.05, 0.1) is 0 Å². The fourth-order valence-corrected chi connectivity index (χ4v) is 6.82. The van der Waals surface area contributed by atoms with E-state index >= 15 is 0 Å². The third-order valence-corrected chi connectivity index (χ3v) is 10.4. The van der Waals surface area contributed by atoms with Crippen molar-refractivity contribution in [2.24, 2.45) is 23.2 Å². The zero-order chi connectivity index (χ0) is 31.0. The van der Waals surface area contributed by atoms with E-state index in [1.54, 1.807) is 0 Å². The number of hydrogen-bond donors (Lipinski definition) is 0. The molecule has 0 unspecified atom stereocenters. The predicted molar refractivity (Wildman–Crippen MR) is 190 cm³/mol. The molecule has 0 saturated carbocycles. The molecule has 0 aromatic rings. The van der Waals surface area contributed by atoms with Crippen molar-refractivity contribution in [3.8, 4) is 0 Å². The molecule has 1 saturated heterocycles. The summed E-state index contributed by atoms with van der Waals surface area (Å²) in [5.74, 6) is 1.82. The van der Waals surface area contributed by atoms with Crippen LogP contribution >= 0.6 is 0 Å². The number of rotatable bonds is 20. The summed E-state index contributed by atoms with van der Waals surface area (Å²) in [6, 6.07) is 0.403. The molecule has 0 amide bonds. The Morgan fingerprint density at radius 3 is 2.52 bits per heavy atom. The van der Waals surface area contributed by atoms with E-state index in [4.69, 9.17) is 0 Å². The maximum absolute atomic E-state index is 4.63. The fourth-order valence-electron chi connectivity index (χ4n) is 6.82. The van der Waals surface area contributed by atoms with Crippen LogP contribution < -0.4 is 0 Å². The summed E-state index contributed by atoms with van der Waals surface area (Å²) >= 11 is 0. The average Bonchev–Trinajstić information content (AvgIpc) is 3.01. The van der Waals surface area contributed by atoms with E-state index in [0.29, 0.717) is 23.8 Å². The third-order valence-electron chi connectivity index (χ3n) is 10.4. The highest BCUT2D eigenvalue weighted by Crippen LogP contribution is 2.45. The fraction of sp³-hybridized carbons (Fsp3) is 0.610. The first-order valence-electron chi connectivity index (χ1n) is 17.3. The average molecular weight is 572 g/mol. The molecule has 0 aromatic carbocycles. The topological polar surface area (TPSA) is 3.24 Å². The van der Waals surface area contributed by atoms with E-state index in [1.807, 2.05) is 0 Å². The Hall–Kier alpha value is -2.28. The standard InChI is InChI=1S/C41H65N/c1-10-40-30-21-22-31-42(40)38(8)37(7)41(9,11-2)36(6)26-23-24-33(3)32-35(5)34(4)25-17-14-12-13-15-18-27-39-28-19-16-20-29-39/h10,12-13,17,19,25,28-29,33,35-36,40H,1,4,7-8,11,14-16,18,20-24,26-27,30-32H2,2-3,5-6,9H3/b13-12+,25-17+/t33-,35-,36+,40+,41-/m0/s1.